The second-order valence-corrected chi connectivity index (χ2v) is 6.54. The van der Waals surface area contributed by atoms with Crippen LogP contribution in [0, 0.1) is 13.8 Å². The summed E-state index contributed by atoms with van der Waals surface area (Å²) >= 11 is 0. The third kappa shape index (κ3) is 6.06. The van der Waals surface area contributed by atoms with E-state index >= 15 is 0 Å². The summed E-state index contributed by atoms with van der Waals surface area (Å²) < 4.78 is 0. The molecule has 1 saturated heterocycles. The number of benzene rings is 1. The smallest absolute Gasteiger partial charge is 0.220 e. The molecule has 0 bridgehead atoms. The maximum atomic E-state index is 12.3. The number of nitrogens with zero attached hydrogens (tertiary/aromatic N) is 1. The fraction of sp³-hybridized carbons (Fsp3) is 0.579. The summed E-state index contributed by atoms with van der Waals surface area (Å²) in [5.74, 6) is 0.0149. The average Bonchev–Trinajstić information content (AvgIpc) is 2.59. The molecule has 0 spiro atoms. The van der Waals surface area contributed by atoms with Crippen molar-refractivity contribution in [1.82, 2.24) is 15.5 Å². The van der Waals surface area contributed by atoms with Crippen LogP contribution in [0.2, 0.25) is 0 Å². The van der Waals surface area contributed by atoms with Gasteiger partial charge in [-0.2, -0.15) is 0 Å². The average molecular weight is 331 g/mol. The van der Waals surface area contributed by atoms with Gasteiger partial charge in [-0.15, -0.1) is 0 Å². The number of hydrogen-bond acceptors (Lipinski definition) is 4. The molecule has 132 valence electrons. The lowest BCUT2D eigenvalue weighted by Crippen LogP contribution is -2.44. The molecule has 2 N–H and O–H groups in total. The van der Waals surface area contributed by atoms with E-state index < -0.39 is 0 Å². The number of amides is 1. The van der Waals surface area contributed by atoms with Crippen LogP contribution in [0.5, 0.6) is 0 Å². The van der Waals surface area contributed by atoms with Crippen LogP contribution < -0.4 is 10.6 Å². The molecule has 1 fully saturated rings. The number of ketones is 1. The molecule has 1 aliphatic rings. The standard InChI is InChI=1S/C19H29N3O2/c1-15-4-5-16(2)17(14-15)18(23)6-7-19(24)21-8-3-11-22-12-9-20-10-13-22/h4-5,14,20H,3,6-13H2,1-2H3,(H,21,24). The predicted molar refractivity (Wildman–Crippen MR) is 96.4 cm³/mol. The van der Waals surface area contributed by atoms with Gasteiger partial charge in [0.2, 0.25) is 5.91 Å². The van der Waals surface area contributed by atoms with Gasteiger partial charge in [-0.25, -0.2) is 0 Å². The van der Waals surface area contributed by atoms with Gasteiger partial charge in [0.05, 0.1) is 0 Å². The fourth-order valence-corrected chi connectivity index (χ4v) is 2.95. The van der Waals surface area contributed by atoms with Crippen molar-refractivity contribution in [3.05, 3.63) is 34.9 Å². The highest BCUT2D eigenvalue weighted by atomic mass is 16.2. The fourth-order valence-electron chi connectivity index (χ4n) is 2.95. The van der Waals surface area contributed by atoms with Crippen LogP contribution in [0.3, 0.4) is 0 Å². The van der Waals surface area contributed by atoms with Gasteiger partial charge in [-0.3, -0.25) is 9.59 Å². The van der Waals surface area contributed by atoms with E-state index in [1.54, 1.807) is 0 Å². The van der Waals surface area contributed by atoms with Crippen LogP contribution in [0.4, 0.5) is 0 Å². The van der Waals surface area contributed by atoms with Gasteiger partial charge in [-0.05, 0) is 38.4 Å². The molecule has 24 heavy (non-hydrogen) atoms. The third-order valence-electron chi connectivity index (χ3n) is 4.46. The normalized spacial score (nSPS) is 15.2. The Hall–Kier alpha value is -1.72. The molecule has 0 saturated carbocycles. The molecule has 5 nitrogen and oxygen atoms in total. The molecular weight excluding hydrogens is 302 g/mol. The Bertz CT molecular complexity index is 566. The zero-order chi connectivity index (χ0) is 17.4. The Morgan fingerprint density at radius 3 is 2.67 bits per heavy atom. The number of carbonyl (C=O) groups excluding carboxylic acids is 2. The largest absolute Gasteiger partial charge is 0.356 e. The summed E-state index contributed by atoms with van der Waals surface area (Å²) in [4.78, 5) is 26.6. The quantitative estimate of drug-likeness (QED) is 0.562. The van der Waals surface area contributed by atoms with Crippen LogP contribution in [0.15, 0.2) is 18.2 Å². The number of aryl methyl sites for hydroxylation is 2. The highest BCUT2D eigenvalue weighted by Gasteiger charge is 2.12. The van der Waals surface area contributed by atoms with Crippen molar-refractivity contribution in [2.45, 2.75) is 33.1 Å². The summed E-state index contributed by atoms with van der Waals surface area (Å²) in [6, 6.07) is 5.86. The third-order valence-corrected chi connectivity index (χ3v) is 4.46. The van der Waals surface area contributed by atoms with Gasteiger partial charge >= 0.3 is 0 Å². The minimum atomic E-state index is -0.0334. The number of rotatable bonds is 8. The zero-order valence-corrected chi connectivity index (χ0v) is 14.9. The van der Waals surface area contributed by atoms with E-state index in [1.165, 1.54) is 0 Å². The van der Waals surface area contributed by atoms with E-state index in [4.69, 9.17) is 0 Å². The van der Waals surface area contributed by atoms with Gasteiger partial charge in [0, 0.05) is 51.1 Å². The second-order valence-electron chi connectivity index (χ2n) is 6.54. The van der Waals surface area contributed by atoms with Gasteiger partial charge < -0.3 is 15.5 Å². The molecule has 0 radical (unpaired) electrons. The molecule has 1 aromatic rings. The number of Topliss-reactive ketones (excluding diaryl/α,β-unsaturated/α-hetero) is 1. The Morgan fingerprint density at radius 1 is 1.17 bits per heavy atom. The van der Waals surface area contributed by atoms with Crippen LogP contribution in [-0.2, 0) is 4.79 Å². The summed E-state index contributed by atoms with van der Waals surface area (Å²) in [5, 5.41) is 6.25. The molecule has 1 amide bonds. The number of carbonyl (C=O) groups is 2. The lowest BCUT2D eigenvalue weighted by Gasteiger charge is -2.27. The van der Waals surface area contributed by atoms with E-state index in [-0.39, 0.29) is 24.5 Å². The molecule has 0 aromatic heterocycles. The first-order valence-corrected chi connectivity index (χ1v) is 8.86. The highest BCUT2D eigenvalue weighted by molar-refractivity contribution is 5.99. The van der Waals surface area contributed by atoms with E-state index in [2.05, 4.69) is 15.5 Å². The van der Waals surface area contributed by atoms with Gasteiger partial charge in [-0.1, -0.05) is 17.7 Å². The van der Waals surface area contributed by atoms with E-state index in [0.717, 1.165) is 55.8 Å². The van der Waals surface area contributed by atoms with Crippen molar-refractivity contribution in [1.29, 1.82) is 0 Å². The van der Waals surface area contributed by atoms with Crippen LogP contribution in [-0.4, -0.2) is 55.9 Å². The van der Waals surface area contributed by atoms with Crippen molar-refractivity contribution in [3.63, 3.8) is 0 Å². The van der Waals surface area contributed by atoms with E-state index in [0.29, 0.717) is 6.54 Å². The maximum Gasteiger partial charge on any atom is 0.220 e. The predicted octanol–water partition coefficient (Wildman–Crippen LogP) is 1.68. The Balaban J connectivity index is 1.63. The molecule has 1 aromatic carbocycles. The van der Waals surface area contributed by atoms with Gasteiger partial charge in [0.1, 0.15) is 0 Å². The van der Waals surface area contributed by atoms with Crippen molar-refractivity contribution in [3.8, 4) is 0 Å². The molecule has 2 rings (SSSR count). The lowest BCUT2D eigenvalue weighted by molar-refractivity contribution is -0.121. The Morgan fingerprint density at radius 2 is 1.92 bits per heavy atom. The van der Waals surface area contributed by atoms with E-state index in [9.17, 15) is 9.59 Å². The highest BCUT2D eigenvalue weighted by Crippen LogP contribution is 2.13. The maximum absolute atomic E-state index is 12.3. The van der Waals surface area contributed by atoms with Crippen molar-refractivity contribution in [2.24, 2.45) is 0 Å². The van der Waals surface area contributed by atoms with Gasteiger partial charge in [0.25, 0.3) is 0 Å². The van der Waals surface area contributed by atoms with Gasteiger partial charge in [0.15, 0.2) is 5.78 Å². The summed E-state index contributed by atoms with van der Waals surface area (Å²) in [6.45, 7) is 9.87. The first-order valence-electron chi connectivity index (χ1n) is 8.86. The van der Waals surface area contributed by atoms with Crippen molar-refractivity contribution < 1.29 is 9.59 Å². The topological polar surface area (TPSA) is 61.4 Å². The zero-order valence-electron chi connectivity index (χ0n) is 14.9. The lowest BCUT2D eigenvalue weighted by atomic mass is 9.99. The first-order chi connectivity index (χ1) is 11.6. The molecule has 0 aliphatic carbocycles. The first kappa shape index (κ1) is 18.6. The molecular formula is C19H29N3O2. The molecule has 1 aliphatic heterocycles. The summed E-state index contributed by atoms with van der Waals surface area (Å²) in [5.41, 5.74) is 2.78. The number of piperazine rings is 1. The minimum absolute atomic E-state index is 0.0334. The number of hydrogen-bond donors (Lipinski definition) is 2. The summed E-state index contributed by atoms with van der Waals surface area (Å²) in [6.07, 6.45) is 1.49. The van der Waals surface area contributed by atoms with Crippen molar-refractivity contribution in [2.75, 3.05) is 39.3 Å². The molecule has 0 atom stereocenters. The minimum Gasteiger partial charge on any atom is -0.356 e. The Kier molecular flexibility index (Phi) is 7.40. The SMILES string of the molecule is Cc1ccc(C)c(C(=O)CCC(=O)NCCCN2CCNCC2)c1. The van der Waals surface area contributed by atoms with Crippen molar-refractivity contribution >= 4 is 11.7 Å². The van der Waals surface area contributed by atoms with Crippen LogP contribution in [0.1, 0.15) is 40.7 Å². The van der Waals surface area contributed by atoms with Crippen LogP contribution in [0.25, 0.3) is 0 Å². The number of nitrogens with one attached hydrogen (secondary N) is 2. The molecule has 0 unspecified atom stereocenters. The monoisotopic (exact) mass is 331 g/mol. The second kappa shape index (κ2) is 9.55. The molecule has 1 heterocycles. The Labute approximate surface area is 144 Å². The van der Waals surface area contributed by atoms with E-state index in [1.807, 2.05) is 32.0 Å². The summed E-state index contributed by atoms with van der Waals surface area (Å²) in [7, 11) is 0. The molecule has 5 heteroatoms. The van der Waals surface area contributed by atoms with Crippen LogP contribution >= 0.6 is 0 Å².